The van der Waals surface area contributed by atoms with Gasteiger partial charge in [-0.2, -0.15) is 0 Å². The zero-order chi connectivity index (χ0) is 19.8. The van der Waals surface area contributed by atoms with E-state index in [0.29, 0.717) is 24.0 Å². The molecule has 2 fully saturated rings. The molecule has 0 bridgehead atoms. The Morgan fingerprint density at radius 3 is 2.64 bits per heavy atom. The lowest BCUT2D eigenvalue weighted by Crippen LogP contribution is -2.38. The predicted molar refractivity (Wildman–Crippen MR) is 108 cm³/mol. The summed E-state index contributed by atoms with van der Waals surface area (Å²) in [6.07, 6.45) is 4.51. The van der Waals surface area contributed by atoms with E-state index in [4.69, 9.17) is 4.98 Å². The number of amides is 1. The van der Waals surface area contributed by atoms with E-state index in [1.807, 2.05) is 17.9 Å². The SMILES string of the molecule is CCC(=O)N1CCC[C@@H]1c1cc2nc(C3CCN(C(C)C)CC3)cc(=O)n2[nH]1. The molecule has 0 unspecified atom stereocenters. The molecule has 0 saturated carbocycles. The largest absolute Gasteiger partial charge is 0.334 e. The highest BCUT2D eigenvalue weighted by Gasteiger charge is 2.31. The molecule has 4 rings (SSSR count). The van der Waals surface area contributed by atoms with E-state index in [2.05, 4.69) is 23.8 Å². The van der Waals surface area contributed by atoms with Crippen LogP contribution in [0.3, 0.4) is 0 Å². The van der Waals surface area contributed by atoms with Crippen molar-refractivity contribution in [3.8, 4) is 0 Å². The van der Waals surface area contributed by atoms with E-state index < -0.39 is 0 Å². The van der Waals surface area contributed by atoms with Crippen LogP contribution in [0.2, 0.25) is 0 Å². The third-order valence-corrected chi connectivity index (χ3v) is 6.40. The van der Waals surface area contributed by atoms with Crippen LogP contribution in [0.4, 0.5) is 0 Å². The molecule has 1 atom stereocenters. The van der Waals surface area contributed by atoms with Gasteiger partial charge in [0.2, 0.25) is 5.91 Å². The number of nitrogens with one attached hydrogen (secondary N) is 1. The van der Waals surface area contributed by atoms with Gasteiger partial charge in [0, 0.05) is 37.1 Å². The molecule has 2 aliphatic rings. The molecule has 1 amide bonds. The molecule has 152 valence electrons. The Morgan fingerprint density at radius 2 is 1.96 bits per heavy atom. The third-order valence-electron chi connectivity index (χ3n) is 6.40. The van der Waals surface area contributed by atoms with Crippen molar-refractivity contribution >= 4 is 11.6 Å². The zero-order valence-electron chi connectivity index (χ0n) is 17.1. The maximum Gasteiger partial charge on any atom is 0.272 e. The van der Waals surface area contributed by atoms with E-state index in [9.17, 15) is 9.59 Å². The number of nitrogens with zero attached hydrogens (tertiary/aromatic N) is 4. The third kappa shape index (κ3) is 3.48. The van der Waals surface area contributed by atoms with Crippen LogP contribution in [0, 0.1) is 0 Å². The van der Waals surface area contributed by atoms with Gasteiger partial charge in [0.25, 0.3) is 5.56 Å². The van der Waals surface area contributed by atoms with Gasteiger partial charge in [0.1, 0.15) is 0 Å². The summed E-state index contributed by atoms with van der Waals surface area (Å²) in [5, 5.41) is 3.21. The van der Waals surface area contributed by atoms with Crippen molar-refractivity contribution in [1.29, 1.82) is 0 Å². The number of rotatable bonds is 4. The Balaban J connectivity index is 1.60. The molecule has 1 N–H and O–H groups in total. The highest BCUT2D eigenvalue weighted by atomic mass is 16.2. The van der Waals surface area contributed by atoms with Crippen LogP contribution in [-0.2, 0) is 4.79 Å². The van der Waals surface area contributed by atoms with Crippen molar-refractivity contribution in [3.05, 3.63) is 33.9 Å². The van der Waals surface area contributed by atoms with Crippen molar-refractivity contribution in [2.24, 2.45) is 0 Å². The monoisotopic (exact) mass is 385 g/mol. The van der Waals surface area contributed by atoms with Gasteiger partial charge in [-0.15, -0.1) is 0 Å². The molecule has 28 heavy (non-hydrogen) atoms. The number of H-pyrrole nitrogens is 1. The fraction of sp³-hybridized carbons (Fsp3) is 0.667. The summed E-state index contributed by atoms with van der Waals surface area (Å²) in [6, 6.07) is 4.23. The minimum absolute atomic E-state index is 0.0197. The topological polar surface area (TPSA) is 73.7 Å². The van der Waals surface area contributed by atoms with Crippen molar-refractivity contribution < 1.29 is 4.79 Å². The predicted octanol–water partition coefficient (Wildman–Crippen LogP) is 2.68. The summed E-state index contributed by atoms with van der Waals surface area (Å²) in [5.41, 5.74) is 2.42. The van der Waals surface area contributed by atoms with Gasteiger partial charge < -0.3 is 9.80 Å². The van der Waals surface area contributed by atoms with Crippen LogP contribution in [-0.4, -0.2) is 56.0 Å². The summed E-state index contributed by atoms with van der Waals surface area (Å²) in [7, 11) is 0. The van der Waals surface area contributed by atoms with E-state index >= 15 is 0 Å². The summed E-state index contributed by atoms with van der Waals surface area (Å²) in [5.74, 6) is 0.509. The molecule has 2 saturated heterocycles. The van der Waals surface area contributed by atoms with Crippen LogP contribution in [0.15, 0.2) is 16.9 Å². The number of carbonyl (C=O) groups excluding carboxylic acids is 1. The highest BCUT2D eigenvalue weighted by molar-refractivity contribution is 5.76. The summed E-state index contributed by atoms with van der Waals surface area (Å²) in [6.45, 7) is 9.25. The summed E-state index contributed by atoms with van der Waals surface area (Å²) in [4.78, 5) is 34.2. The first-order valence-corrected chi connectivity index (χ1v) is 10.6. The molecule has 0 radical (unpaired) electrons. The van der Waals surface area contributed by atoms with E-state index in [1.54, 1.807) is 6.07 Å². The van der Waals surface area contributed by atoms with E-state index in [-0.39, 0.29) is 17.5 Å². The molecule has 2 aromatic heterocycles. The quantitative estimate of drug-likeness (QED) is 0.878. The smallest absolute Gasteiger partial charge is 0.272 e. The maximum absolute atomic E-state index is 12.7. The average molecular weight is 386 g/mol. The van der Waals surface area contributed by atoms with Gasteiger partial charge in [0.05, 0.1) is 17.4 Å². The average Bonchev–Trinajstić information content (AvgIpc) is 3.34. The second-order valence-electron chi connectivity index (χ2n) is 8.43. The first-order chi connectivity index (χ1) is 13.5. The summed E-state index contributed by atoms with van der Waals surface area (Å²) < 4.78 is 1.52. The van der Waals surface area contributed by atoms with Crippen LogP contribution in [0.25, 0.3) is 5.65 Å². The highest BCUT2D eigenvalue weighted by Crippen LogP contribution is 2.32. The first kappa shape index (κ1) is 19.2. The van der Waals surface area contributed by atoms with Gasteiger partial charge in [0.15, 0.2) is 5.65 Å². The Labute approximate surface area is 165 Å². The van der Waals surface area contributed by atoms with Crippen LogP contribution in [0.1, 0.15) is 76.2 Å². The molecule has 7 heteroatoms. The number of hydrogen-bond donors (Lipinski definition) is 1. The van der Waals surface area contributed by atoms with Gasteiger partial charge in [-0.05, 0) is 52.6 Å². The minimum atomic E-state index is -0.0658. The Morgan fingerprint density at radius 1 is 1.21 bits per heavy atom. The second kappa shape index (κ2) is 7.70. The molecule has 0 spiro atoms. The molecule has 2 aliphatic heterocycles. The second-order valence-corrected chi connectivity index (χ2v) is 8.43. The molecular formula is C21H31N5O2. The van der Waals surface area contributed by atoms with Gasteiger partial charge in [-0.25, -0.2) is 9.50 Å². The number of likely N-dealkylation sites (tertiary alicyclic amines) is 2. The number of aromatic nitrogens is 3. The van der Waals surface area contributed by atoms with Crippen molar-refractivity contribution in [1.82, 2.24) is 24.4 Å². The first-order valence-electron chi connectivity index (χ1n) is 10.6. The lowest BCUT2D eigenvalue weighted by atomic mass is 9.92. The number of hydrogen-bond acceptors (Lipinski definition) is 4. The molecule has 7 nitrogen and oxygen atoms in total. The molecule has 0 aromatic carbocycles. The number of aromatic amines is 1. The fourth-order valence-electron chi connectivity index (χ4n) is 4.71. The van der Waals surface area contributed by atoms with Gasteiger partial charge in [-0.3, -0.25) is 14.7 Å². The van der Waals surface area contributed by atoms with Crippen LogP contribution in [0.5, 0.6) is 0 Å². The number of piperidine rings is 1. The van der Waals surface area contributed by atoms with Gasteiger partial charge >= 0.3 is 0 Å². The minimum Gasteiger partial charge on any atom is -0.334 e. The molecule has 4 heterocycles. The lowest BCUT2D eigenvalue weighted by Gasteiger charge is -2.34. The molecular weight excluding hydrogens is 354 g/mol. The standard InChI is InChI=1S/C21H31N5O2/c1-4-20(27)25-9-5-6-18(25)17-12-19-22-16(13-21(28)26(19)23-17)15-7-10-24(11-8-15)14(2)3/h12-15,18,23H,4-11H2,1-3H3/t18-/m1/s1. The van der Waals surface area contributed by atoms with Crippen LogP contribution >= 0.6 is 0 Å². The number of fused-ring (bicyclic) bond motifs is 1. The maximum atomic E-state index is 12.7. The van der Waals surface area contributed by atoms with Crippen molar-refractivity contribution in [2.45, 2.75) is 70.9 Å². The van der Waals surface area contributed by atoms with Gasteiger partial charge in [-0.1, -0.05) is 6.92 Å². The van der Waals surface area contributed by atoms with E-state index in [0.717, 1.165) is 56.7 Å². The van der Waals surface area contributed by atoms with Crippen molar-refractivity contribution in [2.75, 3.05) is 19.6 Å². The molecule has 0 aliphatic carbocycles. The van der Waals surface area contributed by atoms with Crippen molar-refractivity contribution in [3.63, 3.8) is 0 Å². The van der Waals surface area contributed by atoms with Crippen LogP contribution < -0.4 is 5.56 Å². The Hall–Kier alpha value is -2.15. The summed E-state index contributed by atoms with van der Waals surface area (Å²) >= 11 is 0. The fourth-order valence-corrected chi connectivity index (χ4v) is 4.71. The Kier molecular flexibility index (Phi) is 5.27. The normalized spacial score (nSPS) is 21.9. The zero-order valence-corrected chi connectivity index (χ0v) is 17.1. The number of carbonyl (C=O) groups is 1. The molecule has 2 aromatic rings. The Bertz CT molecular complexity index is 907. The lowest BCUT2D eigenvalue weighted by molar-refractivity contribution is -0.131. The van der Waals surface area contributed by atoms with E-state index in [1.165, 1.54) is 4.52 Å².